The van der Waals surface area contributed by atoms with Crippen molar-refractivity contribution in [1.82, 2.24) is 4.98 Å². The Labute approximate surface area is 101 Å². The topological polar surface area (TPSA) is 45.9 Å². The van der Waals surface area contributed by atoms with Crippen LogP contribution in [0.4, 0.5) is 0 Å². The van der Waals surface area contributed by atoms with E-state index in [1.54, 1.807) is 0 Å². The minimum Gasteiger partial charge on any atom is -0.473 e. The van der Waals surface area contributed by atoms with Gasteiger partial charge in [-0.2, -0.15) is 5.26 Å². The highest BCUT2D eigenvalue weighted by Crippen LogP contribution is 2.29. The highest BCUT2D eigenvalue weighted by atomic mass is 16.5. The van der Waals surface area contributed by atoms with Gasteiger partial charge in [0, 0.05) is 5.69 Å². The molecule has 0 atom stereocenters. The standard InChI is InChI=1S/C14H16N2O/c15-9-11-8-10-4-1-2-7-13(10)16-14(11)17-12-5-3-6-12/h8,12H,1-7H2. The lowest BCUT2D eigenvalue weighted by Crippen LogP contribution is -2.25. The minimum absolute atomic E-state index is 0.288. The number of hydrogen-bond donors (Lipinski definition) is 0. The molecule has 1 fully saturated rings. The summed E-state index contributed by atoms with van der Waals surface area (Å²) in [6.07, 6.45) is 8.22. The highest BCUT2D eigenvalue weighted by molar-refractivity contribution is 5.43. The van der Waals surface area contributed by atoms with Gasteiger partial charge in [0.15, 0.2) is 0 Å². The van der Waals surface area contributed by atoms with Gasteiger partial charge in [0.05, 0.1) is 0 Å². The molecular weight excluding hydrogens is 212 g/mol. The molecule has 0 aromatic carbocycles. The summed E-state index contributed by atoms with van der Waals surface area (Å²) >= 11 is 0. The number of hydrogen-bond acceptors (Lipinski definition) is 3. The number of nitrogens with zero attached hydrogens (tertiary/aromatic N) is 2. The van der Waals surface area contributed by atoms with Crippen LogP contribution in [0.15, 0.2) is 6.07 Å². The number of aromatic nitrogens is 1. The molecule has 17 heavy (non-hydrogen) atoms. The molecule has 2 aliphatic carbocycles. The van der Waals surface area contributed by atoms with Gasteiger partial charge in [0.1, 0.15) is 17.7 Å². The van der Waals surface area contributed by atoms with Crippen molar-refractivity contribution in [2.75, 3.05) is 0 Å². The van der Waals surface area contributed by atoms with Crippen LogP contribution < -0.4 is 4.74 Å². The van der Waals surface area contributed by atoms with Gasteiger partial charge in [-0.1, -0.05) is 0 Å². The van der Waals surface area contributed by atoms with E-state index in [0.29, 0.717) is 11.4 Å². The van der Waals surface area contributed by atoms with Crippen LogP contribution in [0.3, 0.4) is 0 Å². The Kier molecular flexibility index (Phi) is 2.72. The molecule has 0 saturated heterocycles. The van der Waals surface area contributed by atoms with Gasteiger partial charge >= 0.3 is 0 Å². The summed E-state index contributed by atoms with van der Waals surface area (Å²) in [4.78, 5) is 4.56. The van der Waals surface area contributed by atoms with Crippen molar-refractivity contribution in [3.05, 3.63) is 22.9 Å². The van der Waals surface area contributed by atoms with E-state index in [4.69, 9.17) is 10.00 Å². The third kappa shape index (κ3) is 2.00. The van der Waals surface area contributed by atoms with Crippen molar-refractivity contribution >= 4 is 0 Å². The van der Waals surface area contributed by atoms with Crippen LogP contribution in [0.2, 0.25) is 0 Å². The Morgan fingerprint density at radius 2 is 2.06 bits per heavy atom. The van der Waals surface area contributed by atoms with E-state index < -0.39 is 0 Å². The zero-order valence-corrected chi connectivity index (χ0v) is 9.91. The summed E-state index contributed by atoms with van der Waals surface area (Å²) in [5.74, 6) is 0.567. The molecular formula is C14H16N2O. The first-order valence-corrected chi connectivity index (χ1v) is 6.46. The summed E-state index contributed by atoms with van der Waals surface area (Å²) < 4.78 is 5.80. The van der Waals surface area contributed by atoms with E-state index in [1.165, 1.54) is 24.8 Å². The predicted octanol–water partition coefficient (Wildman–Crippen LogP) is 2.76. The van der Waals surface area contributed by atoms with Crippen molar-refractivity contribution in [3.63, 3.8) is 0 Å². The number of aryl methyl sites for hydroxylation is 2. The number of nitriles is 1. The lowest BCUT2D eigenvalue weighted by atomic mass is 9.94. The van der Waals surface area contributed by atoms with E-state index in [-0.39, 0.29) is 6.10 Å². The van der Waals surface area contributed by atoms with Crippen LogP contribution in [0.25, 0.3) is 0 Å². The monoisotopic (exact) mass is 228 g/mol. The molecule has 1 saturated carbocycles. The summed E-state index contributed by atoms with van der Waals surface area (Å²) in [6, 6.07) is 4.19. The lowest BCUT2D eigenvalue weighted by molar-refractivity contribution is 0.114. The first-order valence-electron chi connectivity index (χ1n) is 6.46. The number of fused-ring (bicyclic) bond motifs is 1. The average molecular weight is 228 g/mol. The van der Waals surface area contributed by atoms with Crippen LogP contribution >= 0.6 is 0 Å². The Balaban J connectivity index is 1.92. The second-order valence-corrected chi connectivity index (χ2v) is 4.94. The number of rotatable bonds is 2. The van der Waals surface area contributed by atoms with Crippen LogP contribution in [0.1, 0.15) is 48.9 Å². The number of pyridine rings is 1. The molecule has 1 aromatic rings. The van der Waals surface area contributed by atoms with Crippen molar-refractivity contribution in [1.29, 1.82) is 5.26 Å². The van der Waals surface area contributed by atoms with Crippen LogP contribution in [-0.4, -0.2) is 11.1 Å². The quantitative estimate of drug-likeness (QED) is 0.781. The molecule has 88 valence electrons. The maximum atomic E-state index is 9.15. The van der Waals surface area contributed by atoms with E-state index in [1.807, 2.05) is 6.07 Å². The average Bonchev–Trinajstić information content (AvgIpc) is 2.32. The lowest BCUT2D eigenvalue weighted by Gasteiger charge is -2.27. The second kappa shape index (κ2) is 4.37. The Morgan fingerprint density at radius 3 is 2.76 bits per heavy atom. The molecule has 0 bridgehead atoms. The molecule has 0 N–H and O–H groups in total. The van der Waals surface area contributed by atoms with Crippen LogP contribution in [-0.2, 0) is 12.8 Å². The fourth-order valence-electron chi connectivity index (χ4n) is 2.43. The zero-order valence-electron chi connectivity index (χ0n) is 9.91. The molecule has 0 amide bonds. The molecule has 0 aliphatic heterocycles. The number of ether oxygens (including phenoxy) is 1. The fourth-order valence-corrected chi connectivity index (χ4v) is 2.43. The van der Waals surface area contributed by atoms with E-state index in [9.17, 15) is 0 Å². The van der Waals surface area contributed by atoms with Crippen LogP contribution in [0, 0.1) is 11.3 Å². The van der Waals surface area contributed by atoms with Gasteiger partial charge in [-0.25, -0.2) is 4.98 Å². The Morgan fingerprint density at radius 1 is 1.24 bits per heavy atom. The first-order chi connectivity index (χ1) is 8.36. The molecule has 3 heteroatoms. The van der Waals surface area contributed by atoms with E-state index in [0.717, 1.165) is 31.4 Å². The Bertz CT molecular complexity index is 472. The molecule has 0 unspecified atom stereocenters. The molecule has 0 radical (unpaired) electrons. The van der Waals surface area contributed by atoms with Gasteiger partial charge in [0.2, 0.25) is 5.88 Å². The summed E-state index contributed by atoms with van der Waals surface area (Å²) in [5.41, 5.74) is 3.00. The van der Waals surface area contributed by atoms with Crippen molar-refractivity contribution in [2.45, 2.75) is 51.0 Å². The summed E-state index contributed by atoms with van der Waals surface area (Å²) in [6.45, 7) is 0. The SMILES string of the molecule is N#Cc1cc2c(nc1OC1CCC1)CCCC2. The normalized spacial score (nSPS) is 19.0. The van der Waals surface area contributed by atoms with Gasteiger partial charge in [-0.05, 0) is 56.6 Å². The third-order valence-corrected chi connectivity index (χ3v) is 3.72. The highest BCUT2D eigenvalue weighted by Gasteiger charge is 2.23. The minimum atomic E-state index is 0.288. The summed E-state index contributed by atoms with van der Waals surface area (Å²) in [5, 5.41) is 9.15. The molecule has 1 aromatic heterocycles. The van der Waals surface area contributed by atoms with Gasteiger partial charge in [-0.15, -0.1) is 0 Å². The van der Waals surface area contributed by atoms with Crippen molar-refractivity contribution < 1.29 is 4.74 Å². The molecule has 3 nitrogen and oxygen atoms in total. The fraction of sp³-hybridized carbons (Fsp3) is 0.571. The molecule has 3 rings (SSSR count). The zero-order chi connectivity index (χ0) is 11.7. The van der Waals surface area contributed by atoms with E-state index in [2.05, 4.69) is 11.1 Å². The van der Waals surface area contributed by atoms with Crippen LogP contribution in [0.5, 0.6) is 5.88 Å². The van der Waals surface area contributed by atoms with Gasteiger partial charge < -0.3 is 4.74 Å². The molecule has 0 spiro atoms. The smallest absolute Gasteiger partial charge is 0.232 e. The Hall–Kier alpha value is -1.56. The van der Waals surface area contributed by atoms with Crippen molar-refractivity contribution in [3.8, 4) is 11.9 Å². The third-order valence-electron chi connectivity index (χ3n) is 3.72. The molecule has 2 aliphatic rings. The first kappa shape index (κ1) is 10.6. The van der Waals surface area contributed by atoms with Crippen molar-refractivity contribution in [2.24, 2.45) is 0 Å². The largest absolute Gasteiger partial charge is 0.473 e. The predicted molar refractivity (Wildman–Crippen MR) is 63.9 cm³/mol. The van der Waals surface area contributed by atoms with E-state index >= 15 is 0 Å². The summed E-state index contributed by atoms with van der Waals surface area (Å²) in [7, 11) is 0. The second-order valence-electron chi connectivity index (χ2n) is 4.94. The maximum Gasteiger partial charge on any atom is 0.232 e. The van der Waals surface area contributed by atoms with Gasteiger partial charge in [-0.3, -0.25) is 0 Å². The van der Waals surface area contributed by atoms with Gasteiger partial charge in [0.25, 0.3) is 0 Å². The molecule has 1 heterocycles. The maximum absolute atomic E-state index is 9.15.